The van der Waals surface area contributed by atoms with E-state index in [0.717, 1.165) is 5.56 Å². The quantitative estimate of drug-likeness (QED) is 0.742. The molecule has 1 aromatic carbocycles. The summed E-state index contributed by atoms with van der Waals surface area (Å²) in [5.41, 5.74) is 1.49. The Hall–Kier alpha value is -1.63. The molecule has 23 heavy (non-hydrogen) atoms. The molecule has 1 aliphatic rings. The highest BCUT2D eigenvalue weighted by Gasteiger charge is 2.27. The fourth-order valence-electron chi connectivity index (χ4n) is 2.41. The average Bonchev–Trinajstić information content (AvgIpc) is 2.53. The normalized spacial score (nSPS) is 20.3. The van der Waals surface area contributed by atoms with Crippen LogP contribution < -0.4 is 16.0 Å². The molecule has 0 aliphatic carbocycles. The van der Waals surface area contributed by atoms with Crippen molar-refractivity contribution < 1.29 is 14.3 Å². The van der Waals surface area contributed by atoms with Crippen LogP contribution in [0, 0.1) is 0 Å². The van der Waals surface area contributed by atoms with Crippen LogP contribution in [0.5, 0.6) is 0 Å². The summed E-state index contributed by atoms with van der Waals surface area (Å²) in [6.45, 7) is 6.03. The summed E-state index contributed by atoms with van der Waals surface area (Å²) in [5, 5.41) is 8.79. The lowest BCUT2D eigenvalue weighted by Gasteiger charge is -2.29. The van der Waals surface area contributed by atoms with Gasteiger partial charge in [0.25, 0.3) is 5.91 Å². The van der Waals surface area contributed by atoms with Crippen LogP contribution in [0.2, 0.25) is 0 Å². The average molecular weight is 342 g/mol. The molecular weight excluding hydrogens is 318 g/mol. The van der Waals surface area contributed by atoms with Crippen LogP contribution >= 0.6 is 12.4 Å². The first-order chi connectivity index (χ1) is 10.6. The van der Waals surface area contributed by atoms with Crippen LogP contribution in [0.3, 0.4) is 0 Å². The maximum Gasteiger partial charge on any atom is 0.251 e. The molecule has 0 bridgehead atoms. The van der Waals surface area contributed by atoms with Gasteiger partial charge in [-0.05, 0) is 31.5 Å². The highest BCUT2D eigenvalue weighted by Crippen LogP contribution is 2.07. The van der Waals surface area contributed by atoms with Crippen LogP contribution in [-0.4, -0.2) is 43.7 Å². The van der Waals surface area contributed by atoms with Gasteiger partial charge in [-0.15, -0.1) is 12.4 Å². The van der Waals surface area contributed by atoms with E-state index < -0.39 is 0 Å². The predicted octanol–water partition coefficient (Wildman–Crippen LogP) is 0.851. The maximum absolute atomic E-state index is 12.2. The largest absolute Gasteiger partial charge is 0.375 e. The van der Waals surface area contributed by atoms with Crippen LogP contribution in [-0.2, 0) is 16.1 Å². The zero-order chi connectivity index (χ0) is 15.9. The molecule has 1 heterocycles. The standard InChI is InChI=1S/C16H23N3O3.ClH/c1-3-17-15(20)13-6-4-5-12(9-13)10-19-16(21)14-11(2)22-8-7-18-14;/h4-6,9,11,14,18H,3,7-8,10H2,1-2H3,(H,17,20)(H,19,21);1H/t11-,14+;/m1./s1. The van der Waals surface area contributed by atoms with Crippen LogP contribution in [0.25, 0.3) is 0 Å². The number of carbonyl (C=O) groups excluding carboxylic acids is 2. The first kappa shape index (κ1) is 19.4. The van der Waals surface area contributed by atoms with Gasteiger partial charge in [0.05, 0.1) is 12.7 Å². The summed E-state index contributed by atoms with van der Waals surface area (Å²) in [6.07, 6.45) is -0.143. The fourth-order valence-corrected chi connectivity index (χ4v) is 2.41. The molecule has 2 amide bonds. The monoisotopic (exact) mass is 341 g/mol. The lowest BCUT2D eigenvalue weighted by molar-refractivity contribution is -0.129. The number of ether oxygens (including phenoxy) is 1. The molecule has 0 unspecified atom stereocenters. The van der Waals surface area contributed by atoms with Crippen LogP contribution in [0.15, 0.2) is 24.3 Å². The van der Waals surface area contributed by atoms with Crippen molar-refractivity contribution >= 4 is 24.2 Å². The van der Waals surface area contributed by atoms with Gasteiger partial charge in [0.2, 0.25) is 5.91 Å². The SMILES string of the molecule is CCNC(=O)c1cccc(CNC(=O)[C@H]2NCCO[C@@H]2C)c1.Cl. The number of rotatable bonds is 5. The molecule has 1 aliphatic heterocycles. The Morgan fingerprint density at radius 2 is 2.13 bits per heavy atom. The molecule has 0 spiro atoms. The minimum Gasteiger partial charge on any atom is -0.375 e. The van der Waals surface area contributed by atoms with E-state index in [9.17, 15) is 9.59 Å². The lowest BCUT2D eigenvalue weighted by atomic mass is 10.1. The summed E-state index contributed by atoms with van der Waals surface area (Å²) in [5.74, 6) is -0.192. The zero-order valence-corrected chi connectivity index (χ0v) is 14.2. The van der Waals surface area contributed by atoms with Crippen molar-refractivity contribution in [3.63, 3.8) is 0 Å². The Labute approximate surface area is 142 Å². The molecule has 7 heteroatoms. The van der Waals surface area contributed by atoms with Gasteiger partial charge in [-0.1, -0.05) is 12.1 Å². The Bertz CT molecular complexity index is 539. The number of nitrogens with one attached hydrogen (secondary N) is 3. The number of carbonyl (C=O) groups is 2. The van der Waals surface area contributed by atoms with Crippen molar-refractivity contribution in [3.8, 4) is 0 Å². The van der Waals surface area contributed by atoms with Crippen molar-refractivity contribution in [2.75, 3.05) is 19.7 Å². The second-order valence-corrected chi connectivity index (χ2v) is 5.29. The van der Waals surface area contributed by atoms with Crippen molar-refractivity contribution in [1.29, 1.82) is 0 Å². The fraction of sp³-hybridized carbons (Fsp3) is 0.500. The predicted molar refractivity (Wildman–Crippen MR) is 90.7 cm³/mol. The van der Waals surface area contributed by atoms with E-state index in [2.05, 4.69) is 16.0 Å². The summed E-state index contributed by atoms with van der Waals surface area (Å²) in [6, 6.07) is 6.92. The summed E-state index contributed by atoms with van der Waals surface area (Å²) in [4.78, 5) is 24.0. The number of hydrogen-bond acceptors (Lipinski definition) is 4. The number of halogens is 1. The lowest BCUT2D eigenvalue weighted by Crippen LogP contribution is -2.55. The minimum absolute atomic E-state index is 0. The Kier molecular flexibility index (Phi) is 8.02. The topological polar surface area (TPSA) is 79.5 Å². The third-order valence-corrected chi connectivity index (χ3v) is 3.59. The van der Waals surface area contributed by atoms with E-state index in [1.807, 2.05) is 26.0 Å². The van der Waals surface area contributed by atoms with Gasteiger partial charge in [0, 0.05) is 25.2 Å². The summed E-state index contributed by atoms with van der Waals surface area (Å²) < 4.78 is 5.46. The van der Waals surface area contributed by atoms with Gasteiger partial charge in [-0.25, -0.2) is 0 Å². The molecule has 1 fully saturated rings. The third kappa shape index (κ3) is 5.49. The number of benzene rings is 1. The first-order valence-electron chi connectivity index (χ1n) is 7.61. The van der Waals surface area contributed by atoms with Crippen molar-refractivity contribution in [3.05, 3.63) is 35.4 Å². The van der Waals surface area contributed by atoms with E-state index in [0.29, 0.717) is 31.8 Å². The molecule has 2 atom stereocenters. The van der Waals surface area contributed by atoms with E-state index in [1.54, 1.807) is 12.1 Å². The molecule has 6 nitrogen and oxygen atoms in total. The van der Waals surface area contributed by atoms with Gasteiger partial charge in [-0.3, -0.25) is 9.59 Å². The van der Waals surface area contributed by atoms with Crippen molar-refractivity contribution in [2.24, 2.45) is 0 Å². The second-order valence-electron chi connectivity index (χ2n) is 5.29. The van der Waals surface area contributed by atoms with Crippen molar-refractivity contribution in [1.82, 2.24) is 16.0 Å². The molecule has 0 aromatic heterocycles. The number of morpholine rings is 1. The van der Waals surface area contributed by atoms with Crippen LogP contribution in [0.4, 0.5) is 0 Å². The van der Waals surface area contributed by atoms with Gasteiger partial charge in [0.1, 0.15) is 6.04 Å². The summed E-state index contributed by atoms with van der Waals surface area (Å²) in [7, 11) is 0. The molecule has 2 rings (SSSR count). The van der Waals surface area contributed by atoms with E-state index in [-0.39, 0.29) is 36.4 Å². The maximum atomic E-state index is 12.2. The molecule has 1 aromatic rings. The van der Waals surface area contributed by atoms with Gasteiger partial charge < -0.3 is 20.7 Å². The van der Waals surface area contributed by atoms with Gasteiger partial charge in [0.15, 0.2) is 0 Å². The Balaban J connectivity index is 0.00000264. The molecule has 128 valence electrons. The second kappa shape index (κ2) is 9.50. The molecule has 1 saturated heterocycles. The zero-order valence-electron chi connectivity index (χ0n) is 13.4. The van der Waals surface area contributed by atoms with E-state index in [1.165, 1.54) is 0 Å². The number of hydrogen-bond donors (Lipinski definition) is 3. The highest BCUT2D eigenvalue weighted by molar-refractivity contribution is 5.94. The first-order valence-corrected chi connectivity index (χ1v) is 7.61. The highest BCUT2D eigenvalue weighted by atomic mass is 35.5. The van der Waals surface area contributed by atoms with E-state index in [4.69, 9.17) is 4.74 Å². The Morgan fingerprint density at radius 1 is 1.35 bits per heavy atom. The number of amides is 2. The third-order valence-electron chi connectivity index (χ3n) is 3.59. The van der Waals surface area contributed by atoms with Gasteiger partial charge in [-0.2, -0.15) is 0 Å². The summed E-state index contributed by atoms with van der Waals surface area (Å²) >= 11 is 0. The van der Waals surface area contributed by atoms with E-state index >= 15 is 0 Å². The van der Waals surface area contributed by atoms with Crippen LogP contribution in [0.1, 0.15) is 29.8 Å². The molecule has 0 radical (unpaired) electrons. The van der Waals surface area contributed by atoms with Crippen molar-refractivity contribution in [2.45, 2.75) is 32.5 Å². The Morgan fingerprint density at radius 3 is 2.83 bits per heavy atom. The molecule has 3 N–H and O–H groups in total. The molecular formula is C16H24ClN3O3. The smallest absolute Gasteiger partial charge is 0.251 e. The molecule has 0 saturated carbocycles. The minimum atomic E-state index is -0.333. The van der Waals surface area contributed by atoms with Gasteiger partial charge >= 0.3 is 0 Å².